The average molecular weight is 433 g/mol. The molecule has 1 heterocycles. The highest BCUT2D eigenvalue weighted by atomic mass is 32.2. The van der Waals surface area contributed by atoms with Crippen LogP contribution in [0.2, 0.25) is 0 Å². The number of hydrogen-bond acceptors (Lipinski definition) is 6. The lowest BCUT2D eigenvalue weighted by molar-refractivity contribution is -0.126. The molecule has 29 heavy (non-hydrogen) atoms. The third kappa shape index (κ3) is 4.15. The summed E-state index contributed by atoms with van der Waals surface area (Å²) < 4.78 is 31.7. The van der Waals surface area contributed by atoms with Crippen molar-refractivity contribution in [3.63, 3.8) is 0 Å². The van der Waals surface area contributed by atoms with Crippen molar-refractivity contribution in [3.05, 3.63) is 59.7 Å². The van der Waals surface area contributed by atoms with E-state index in [4.69, 9.17) is 4.74 Å². The number of carbonyl (C=O) groups excluding carboxylic acids is 2. The Morgan fingerprint density at radius 2 is 1.86 bits per heavy atom. The summed E-state index contributed by atoms with van der Waals surface area (Å²) in [4.78, 5) is 25.9. The van der Waals surface area contributed by atoms with Crippen molar-refractivity contribution in [1.29, 1.82) is 0 Å². The highest BCUT2D eigenvalue weighted by molar-refractivity contribution is 7.99. The molecule has 152 valence electrons. The van der Waals surface area contributed by atoms with Crippen molar-refractivity contribution in [3.8, 4) is 5.75 Å². The molecule has 3 rings (SSSR count). The SMILES string of the molecule is COc1ccc(C2=C(C)C(=O)N(CC(=O)Nc3cccc(SC)c3)S2(=O)=O)cc1. The molecule has 0 bridgehead atoms. The molecule has 0 atom stereocenters. The average Bonchev–Trinajstić information content (AvgIpc) is 2.87. The van der Waals surface area contributed by atoms with Gasteiger partial charge in [-0.15, -0.1) is 11.8 Å². The fraction of sp³-hybridized carbons (Fsp3) is 0.200. The molecule has 0 saturated carbocycles. The molecule has 1 aliphatic rings. The summed E-state index contributed by atoms with van der Waals surface area (Å²) in [5, 5.41) is 2.64. The van der Waals surface area contributed by atoms with E-state index in [2.05, 4.69) is 5.32 Å². The quantitative estimate of drug-likeness (QED) is 0.706. The summed E-state index contributed by atoms with van der Waals surface area (Å²) in [7, 11) is -2.64. The molecule has 1 aliphatic heterocycles. The van der Waals surface area contributed by atoms with E-state index in [-0.39, 0.29) is 10.5 Å². The van der Waals surface area contributed by atoms with Crippen molar-refractivity contribution in [2.24, 2.45) is 0 Å². The zero-order valence-corrected chi connectivity index (χ0v) is 17.8. The number of nitrogens with one attached hydrogen (secondary N) is 1. The van der Waals surface area contributed by atoms with Crippen molar-refractivity contribution in [1.82, 2.24) is 4.31 Å². The summed E-state index contributed by atoms with van der Waals surface area (Å²) in [6.07, 6.45) is 1.91. The number of hydrogen-bond donors (Lipinski definition) is 1. The maximum Gasteiger partial charge on any atom is 0.268 e. The second-order valence-corrected chi connectivity index (χ2v) is 8.96. The largest absolute Gasteiger partial charge is 0.497 e. The highest BCUT2D eigenvalue weighted by Crippen LogP contribution is 2.36. The first-order valence-corrected chi connectivity index (χ1v) is 11.3. The van der Waals surface area contributed by atoms with E-state index in [0.29, 0.717) is 21.3 Å². The zero-order chi connectivity index (χ0) is 21.2. The molecular formula is C20H20N2O5S2. The van der Waals surface area contributed by atoms with Gasteiger partial charge in [-0.25, -0.2) is 12.7 Å². The van der Waals surface area contributed by atoms with Gasteiger partial charge in [-0.1, -0.05) is 6.07 Å². The first-order valence-electron chi connectivity index (χ1n) is 8.64. The van der Waals surface area contributed by atoms with Crippen LogP contribution in [0.25, 0.3) is 4.91 Å². The highest BCUT2D eigenvalue weighted by Gasteiger charge is 2.43. The maximum atomic E-state index is 13.0. The van der Waals surface area contributed by atoms with Crippen LogP contribution in [0.15, 0.2) is 59.0 Å². The van der Waals surface area contributed by atoms with Crippen LogP contribution in [0, 0.1) is 0 Å². The summed E-state index contributed by atoms with van der Waals surface area (Å²) in [6.45, 7) is 0.848. The van der Waals surface area contributed by atoms with Crippen LogP contribution in [0.5, 0.6) is 5.75 Å². The van der Waals surface area contributed by atoms with Crippen molar-refractivity contribution < 1.29 is 22.7 Å². The number of methoxy groups -OCH3 is 1. The van der Waals surface area contributed by atoms with Crippen molar-refractivity contribution >= 4 is 44.2 Å². The number of thioether (sulfide) groups is 1. The Hall–Kier alpha value is -2.78. The number of sulfonamides is 1. The van der Waals surface area contributed by atoms with Gasteiger partial charge in [0.2, 0.25) is 5.91 Å². The van der Waals surface area contributed by atoms with E-state index in [1.54, 1.807) is 42.5 Å². The molecule has 0 fully saturated rings. The molecule has 0 spiro atoms. The van der Waals surface area contributed by atoms with Gasteiger partial charge >= 0.3 is 0 Å². The molecule has 9 heteroatoms. The minimum atomic E-state index is -4.14. The van der Waals surface area contributed by atoms with Crippen LogP contribution in [-0.2, 0) is 19.6 Å². The zero-order valence-electron chi connectivity index (χ0n) is 16.1. The maximum absolute atomic E-state index is 13.0. The van der Waals surface area contributed by atoms with E-state index in [0.717, 1.165) is 4.90 Å². The van der Waals surface area contributed by atoms with E-state index in [1.165, 1.54) is 25.8 Å². The lowest BCUT2D eigenvalue weighted by Crippen LogP contribution is -2.38. The van der Waals surface area contributed by atoms with Crippen molar-refractivity contribution in [2.75, 3.05) is 25.2 Å². The number of anilines is 1. The lowest BCUT2D eigenvalue weighted by atomic mass is 10.1. The third-order valence-corrected chi connectivity index (χ3v) is 7.09. The number of rotatable bonds is 6. The van der Waals surface area contributed by atoms with Gasteiger partial charge in [0.15, 0.2) is 0 Å². The Morgan fingerprint density at radius 1 is 1.17 bits per heavy atom. The molecule has 0 radical (unpaired) electrons. The fourth-order valence-corrected chi connectivity index (χ4v) is 5.22. The molecule has 7 nitrogen and oxygen atoms in total. The van der Waals surface area contributed by atoms with Gasteiger partial charge in [-0.05, 0) is 61.2 Å². The molecule has 0 aliphatic carbocycles. The van der Waals surface area contributed by atoms with Gasteiger partial charge in [0, 0.05) is 16.2 Å². The molecule has 2 amide bonds. The third-order valence-electron chi connectivity index (χ3n) is 4.43. The Labute approximate surface area is 173 Å². The predicted octanol–water partition coefficient (Wildman–Crippen LogP) is 2.96. The van der Waals surface area contributed by atoms with E-state index in [1.807, 2.05) is 12.3 Å². The van der Waals surface area contributed by atoms with Crippen LogP contribution >= 0.6 is 11.8 Å². The van der Waals surface area contributed by atoms with E-state index >= 15 is 0 Å². The minimum absolute atomic E-state index is 0.0762. The molecule has 0 unspecified atom stereocenters. The topological polar surface area (TPSA) is 92.8 Å². The second kappa shape index (κ2) is 8.30. The molecule has 0 aromatic heterocycles. The first kappa shape index (κ1) is 20.9. The van der Waals surface area contributed by atoms with E-state index < -0.39 is 28.4 Å². The minimum Gasteiger partial charge on any atom is -0.497 e. The Balaban J connectivity index is 1.82. The van der Waals surface area contributed by atoms with Crippen LogP contribution in [0.3, 0.4) is 0 Å². The number of benzene rings is 2. The molecule has 0 saturated heterocycles. The van der Waals surface area contributed by atoms with Gasteiger partial charge in [0.1, 0.15) is 17.2 Å². The number of carbonyl (C=O) groups is 2. The van der Waals surface area contributed by atoms with Crippen LogP contribution in [-0.4, -0.2) is 44.4 Å². The van der Waals surface area contributed by atoms with Gasteiger partial charge in [-0.2, -0.15) is 0 Å². The number of ether oxygens (including phenoxy) is 1. The molecular weight excluding hydrogens is 412 g/mol. The summed E-state index contributed by atoms with van der Waals surface area (Å²) in [5.41, 5.74) is 0.977. The van der Waals surface area contributed by atoms with Crippen LogP contribution < -0.4 is 10.1 Å². The number of amides is 2. The number of nitrogens with zero attached hydrogens (tertiary/aromatic N) is 1. The lowest BCUT2D eigenvalue weighted by Gasteiger charge is -2.16. The van der Waals surface area contributed by atoms with Gasteiger partial charge in [-0.3, -0.25) is 9.59 Å². The Kier molecular flexibility index (Phi) is 5.99. The van der Waals surface area contributed by atoms with E-state index in [9.17, 15) is 18.0 Å². The summed E-state index contributed by atoms with van der Waals surface area (Å²) in [5.74, 6) is -0.731. The molecule has 1 N–H and O–H groups in total. The normalized spacial score (nSPS) is 15.6. The van der Waals surface area contributed by atoms with Crippen LogP contribution in [0.4, 0.5) is 5.69 Å². The Morgan fingerprint density at radius 3 is 2.48 bits per heavy atom. The van der Waals surface area contributed by atoms with Gasteiger partial charge in [0.05, 0.1) is 7.11 Å². The van der Waals surface area contributed by atoms with Crippen molar-refractivity contribution in [2.45, 2.75) is 11.8 Å². The summed E-state index contributed by atoms with van der Waals surface area (Å²) >= 11 is 1.52. The van der Waals surface area contributed by atoms with Gasteiger partial charge in [0.25, 0.3) is 15.9 Å². The predicted molar refractivity (Wildman–Crippen MR) is 113 cm³/mol. The smallest absolute Gasteiger partial charge is 0.268 e. The first-order chi connectivity index (χ1) is 13.8. The summed E-state index contributed by atoms with van der Waals surface area (Å²) in [6, 6.07) is 13.5. The monoisotopic (exact) mass is 432 g/mol. The standard InChI is InChI=1S/C20H20N2O5S2/c1-13-19(14-7-9-16(27-2)10-8-14)29(25,26)22(20(13)24)12-18(23)21-15-5-4-6-17(11-15)28-3/h4-11H,12H2,1-3H3,(H,21,23). The Bertz CT molecular complexity index is 1090. The second-order valence-electron chi connectivity index (χ2n) is 6.28. The van der Waals surface area contributed by atoms with Gasteiger partial charge < -0.3 is 10.1 Å². The molecule has 2 aromatic rings. The fourth-order valence-electron chi connectivity index (χ4n) is 2.99. The van der Waals surface area contributed by atoms with Crippen LogP contribution in [0.1, 0.15) is 12.5 Å². The molecule has 2 aromatic carbocycles.